The van der Waals surface area contributed by atoms with Crippen molar-refractivity contribution < 1.29 is 4.74 Å². The molecule has 138 valence electrons. The second-order valence-electron chi connectivity index (χ2n) is 7.52. The fourth-order valence-corrected chi connectivity index (χ4v) is 3.93. The van der Waals surface area contributed by atoms with Crippen molar-refractivity contribution in [1.82, 2.24) is 24.5 Å². The van der Waals surface area contributed by atoms with Crippen LogP contribution in [0.4, 0.5) is 5.95 Å². The van der Waals surface area contributed by atoms with Gasteiger partial charge in [-0.15, -0.1) is 5.10 Å². The standard InChI is InChI=1S/C19H26N6O/c1-12(2)10-24-9-5-6-13(11-24)17-22-18-14-7-4-8-15(26-3)16(14)21-19(20)25(18)23-17/h4,7-8,12-13H,5-6,9-11H2,1-3H3,(H2,20,21)/t13-/m1/s1. The van der Waals surface area contributed by atoms with E-state index in [0.717, 1.165) is 48.4 Å². The monoisotopic (exact) mass is 354 g/mol. The highest BCUT2D eigenvalue weighted by Gasteiger charge is 2.26. The maximum atomic E-state index is 6.17. The first kappa shape index (κ1) is 17.0. The number of nitrogen functional groups attached to an aromatic ring is 1. The predicted octanol–water partition coefficient (Wildman–Crippen LogP) is 2.70. The largest absolute Gasteiger partial charge is 0.494 e. The Labute approximate surface area is 153 Å². The molecule has 0 bridgehead atoms. The van der Waals surface area contributed by atoms with E-state index in [4.69, 9.17) is 20.6 Å². The molecule has 0 amide bonds. The van der Waals surface area contributed by atoms with Gasteiger partial charge in [0, 0.05) is 24.4 Å². The Balaban J connectivity index is 1.75. The van der Waals surface area contributed by atoms with Crippen LogP contribution in [-0.4, -0.2) is 51.2 Å². The number of nitrogens with zero attached hydrogens (tertiary/aromatic N) is 5. The van der Waals surface area contributed by atoms with E-state index >= 15 is 0 Å². The van der Waals surface area contributed by atoms with Crippen LogP contribution in [0, 0.1) is 5.92 Å². The summed E-state index contributed by atoms with van der Waals surface area (Å²) in [4.78, 5) is 11.9. The van der Waals surface area contributed by atoms with Gasteiger partial charge >= 0.3 is 0 Å². The van der Waals surface area contributed by atoms with E-state index in [2.05, 4.69) is 23.7 Å². The molecule has 0 saturated carbocycles. The molecule has 4 rings (SSSR count). The second-order valence-corrected chi connectivity index (χ2v) is 7.52. The SMILES string of the molecule is COc1cccc2c1nc(N)n1nc([C@@H]3CCCN(CC(C)C)C3)nc21. The molecule has 7 heteroatoms. The molecule has 3 aromatic rings. The Kier molecular flexibility index (Phi) is 4.40. The van der Waals surface area contributed by atoms with Gasteiger partial charge in [0.15, 0.2) is 11.5 Å². The van der Waals surface area contributed by atoms with Gasteiger partial charge in [0.2, 0.25) is 5.95 Å². The third-order valence-electron chi connectivity index (χ3n) is 5.02. The van der Waals surface area contributed by atoms with Gasteiger partial charge in [-0.3, -0.25) is 0 Å². The van der Waals surface area contributed by atoms with Crippen LogP contribution in [0.1, 0.15) is 38.4 Å². The minimum atomic E-state index is 0.336. The Bertz CT molecular complexity index is 935. The fraction of sp³-hybridized carbons (Fsp3) is 0.526. The predicted molar refractivity (Wildman–Crippen MR) is 103 cm³/mol. The Hall–Kier alpha value is -2.41. The number of anilines is 1. The lowest BCUT2D eigenvalue weighted by atomic mass is 9.96. The van der Waals surface area contributed by atoms with Crippen molar-refractivity contribution in [3.8, 4) is 5.75 Å². The third-order valence-corrected chi connectivity index (χ3v) is 5.02. The number of nitrogens with two attached hydrogens (primary N) is 1. The van der Waals surface area contributed by atoms with Crippen LogP contribution in [0.3, 0.4) is 0 Å². The molecule has 1 fully saturated rings. The Morgan fingerprint density at radius 1 is 1.31 bits per heavy atom. The molecule has 1 aliphatic heterocycles. The molecular weight excluding hydrogens is 328 g/mol. The van der Waals surface area contributed by atoms with Gasteiger partial charge in [-0.2, -0.15) is 4.52 Å². The summed E-state index contributed by atoms with van der Waals surface area (Å²) in [6, 6.07) is 5.82. The number of rotatable bonds is 4. The summed E-state index contributed by atoms with van der Waals surface area (Å²) in [6.07, 6.45) is 2.29. The summed E-state index contributed by atoms with van der Waals surface area (Å²) in [5.74, 6) is 2.90. The molecule has 2 aromatic heterocycles. The second kappa shape index (κ2) is 6.72. The molecule has 1 atom stereocenters. The summed E-state index contributed by atoms with van der Waals surface area (Å²) in [7, 11) is 1.64. The molecule has 0 spiro atoms. The summed E-state index contributed by atoms with van der Waals surface area (Å²) < 4.78 is 7.09. The van der Waals surface area contributed by atoms with Gasteiger partial charge in [0.25, 0.3) is 0 Å². The molecule has 3 heterocycles. The quantitative estimate of drug-likeness (QED) is 0.776. The smallest absolute Gasteiger partial charge is 0.223 e. The fourth-order valence-electron chi connectivity index (χ4n) is 3.93. The van der Waals surface area contributed by atoms with Crippen LogP contribution >= 0.6 is 0 Å². The van der Waals surface area contributed by atoms with E-state index in [1.54, 1.807) is 11.6 Å². The third kappa shape index (κ3) is 2.96. The van der Waals surface area contributed by atoms with Crippen LogP contribution in [-0.2, 0) is 0 Å². The molecule has 0 radical (unpaired) electrons. The van der Waals surface area contributed by atoms with Crippen molar-refractivity contribution in [3.63, 3.8) is 0 Å². The van der Waals surface area contributed by atoms with E-state index in [0.29, 0.717) is 23.5 Å². The lowest BCUT2D eigenvalue weighted by molar-refractivity contribution is 0.185. The zero-order valence-electron chi connectivity index (χ0n) is 15.6. The lowest BCUT2D eigenvalue weighted by Gasteiger charge is -2.32. The maximum Gasteiger partial charge on any atom is 0.223 e. The average Bonchev–Trinajstić information content (AvgIpc) is 3.07. The van der Waals surface area contributed by atoms with Crippen molar-refractivity contribution in [3.05, 3.63) is 24.0 Å². The molecule has 0 aliphatic carbocycles. The average molecular weight is 354 g/mol. The van der Waals surface area contributed by atoms with Crippen molar-refractivity contribution in [2.24, 2.45) is 5.92 Å². The number of hydrogen-bond acceptors (Lipinski definition) is 6. The van der Waals surface area contributed by atoms with Crippen LogP contribution in [0.25, 0.3) is 16.6 Å². The zero-order chi connectivity index (χ0) is 18.3. The Morgan fingerprint density at radius 2 is 2.15 bits per heavy atom. The Morgan fingerprint density at radius 3 is 2.92 bits per heavy atom. The maximum absolute atomic E-state index is 6.17. The molecular formula is C19H26N6O. The van der Waals surface area contributed by atoms with Crippen LogP contribution in [0.15, 0.2) is 18.2 Å². The first-order chi connectivity index (χ1) is 12.6. The number of methoxy groups -OCH3 is 1. The van der Waals surface area contributed by atoms with Gasteiger partial charge in [-0.1, -0.05) is 19.9 Å². The highest BCUT2D eigenvalue weighted by atomic mass is 16.5. The molecule has 1 aromatic carbocycles. The van der Waals surface area contributed by atoms with Crippen LogP contribution in [0.5, 0.6) is 5.75 Å². The van der Waals surface area contributed by atoms with Crippen molar-refractivity contribution in [2.75, 3.05) is 32.5 Å². The summed E-state index contributed by atoms with van der Waals surface area (Å²) in [5, 5.41) is 5.62. The van der Waals surface area contributed by atoms with Crippen molar-refractivity contribution in [2.45, 2.75) is 32.6 Å². The number of likely N-dealkylation sites (tertiary alicyclic amines) is 1. The van der Waals surface area contributed by atoms with Gasteiger partial charge in [0.1, 0.15) is 11.3 Å². The van der Waals surface area contributed by atoms with Gasteiger partial charge in [0.05, 0.1) is 7.11 Å². The molecule has 26 heavy (non-hydrogen) atoms. The van der Waals surface area contributed by atoms with Gasteiger partial charge < -0.3 is 15.4 Å². The van der Waals surface area contributed by atoms with E-state index in [-0.39, 0.29) is 0 Å². The van der Waals surface area contributed by atoms with E-state index in [1.165, 1.54) is 6.42 Å². The number of hydrogen-bond donors (Lipinski definition) is 1. The number of para-hydroxylation sites is 1. The van der Waals surface area contributed by atoms with Crippen molar-refractivity contribution in [1.29, 1.82) is 0 Å². The minimum Gasteiger partial charge on any atom is -0.494 e. The summed E-state index contributed by atoms with van der Waals surface area (Å²) >= 11 is 0. The summed E-state index contributed by atoms with van der Waals surface area (Å²) in [5.41, 5.74) is 7.64. The zero-order valence-corrected chi connectivity index (χ0v) is 15.6. The molecule has 1 saturated heterocycles. The molecule has 7 nitrogen and oxygen atoms in total. The first-order valence-electron chi connectivity index (χ1n) is 9.28. The van der Waals surface area contributed by atoms with Gasteiger partial charge in [-0.25, -0.2) is 9.97 Å². The van der Waals surface area contributed by atoms with E-state index in [9.17, 15) is 0 Å². The summed E-state index contributed by atoms with van der Waals surface area (Å²) in [6.45, 7) is 7.81. The van der Waals surface area contributed by atoms with Crippen molar-refractivity contribution >= 4 is 22.5 Å². The van der Waals surface area contributed by atoms with E-state index < -0.39 is 0 Å². The number of aromatic nitrogens is 4. The van der Waals surface area contributed by atoms with Crippen LogP contribution < -0.4 is 10.5 Å². The highest BCUT2D eigenvalue weighted by Crippen LogP contribution is 2.30. The first-order valence-corrected chi connectivity index (χ1v) is 9.28. The van der Waals surface area contributed by atoms with Gasteiger partial charge in [-0.05, 0) is 37.4 Å². The number of fused-ring (bicyclic) bond motifs is 3. The lowest BCUT2D eigenvalue weighted by Crippen LogP contribution is -2.37. The van der Waals surface area contributed by atoms with E-state index in [1.807, 2.05) is 18.2 Å². The number of ether oxygens (including phenoxy) is 1. The molecule has 1 aliphatic rings. The topological polar surface area (TPSA) is 81.6 Å². The van der Waals surface area contributed by atoms with Crippen LogP contribution in [0.2, 0.25) is 0 Å². The number of piperidine rings is 1. The highest BCUT2D eigenvalue weighted by molar-refractivity contribution is 5.95. The molecule has 2 N–H and O–H groups in total. The number of benzene rings is 1. The normalized spacial score (nSPS) is 18.8. The molecule has 0 unspecified atom stereocenters. The minimum absolute atomic E-state index is 0.336.